The van der Waals surface area contributed by atoms with Crippen LogP contribution < -0.4 is 14.2 Å². The molecular weight excluding hydrogens is 476 g/mol. The first kappa shape index (κ1) is 22.7. The molecule has 5 atom stereocenters. The summed E-state index contributed by atoms with van der Waals surface area (Å²) < 4.78 is 27.8. The lowest BCUT2D eigenvalue weighted by atomic mass is 9.89. The molecule has 0 saturated carbocycles. The maximum atomic E-state index is 12.9. The van der Waals surface area contributed by atoms with Crippen LogP contribution in [0.25, 0.3) is 21.9 Å². The van der Waals surface area contributed by atoms with Crippen molar-refractivity contribution in [2.45, 2.75) is 44.2 Å². The fraction of sp³-hybridized carbons (Fsp3) is 0.320. The lowest BCUT2D eigenvalue weighted by Gasteiger charge is -2.39. The maximum absolute atomic E-state index is 12.9. The van der Waals surface area contributed by atoms with Crippen molar-refractivity contribution in [1.82, 2.24) is 0 Å². The third-order valence-electron chi connectivity index (χ3n) is 6.71. The van der Waals surface area contributed by atoms with E-state index in [1.54, 1.807) is 18.2 Å². The highest BCUT2D eigenvalue weighted by atomic mass is 16.7. The molecular formula is C25H22O11. The van der Waals surface area contributed by atoms with E-state index in [0.29, 0.717) is 39.0 Å². The molecule has 5 N–H and O–H groups in total. The molecule has 0 amide bonds. The molecule has 0 aliphatic carbocycles. The summed E-state index contributed by atoms with van der Waals surface area (Å²) in [5.41, 5.74) is 1.48. The van der Waals surface area contributed by atoms with Crippen LogP contribution in [0.2, 0.25) is 0 Å². The highest BCUT2D eigenvalue weighted by Gasteiger charge is 2.44. The topological polar surface area (TPSA) is 164 Å². The average Bonchev–Trinajstić information content (AvgIpc) is 3.48. The van der Waals surface area contributed by atoms with Crippen LogP contribution in [-0.4, -0.2) is 69.0 Å². The molecule has 36 heavy (non-hydrogen) atoms. The summed E-state index contributed by atoms with van der Waals surface area (Å²) in [7, 11) is 0. The van der Waals surface area contributed by atoms with E-state index in [2.05, 4.69) is 0 Å². The smallest absolute Gasteiger partial charge is 0.339 e. The number of fused-ring (bicyclic) bond motifs is 3. The van der Waals surface area contributed by atoms with Gasteiger partial charge in [0.25, 0.3) is 0 Å². The van der Waals surface area contributed by atoms with Crippen molar-refractivity contribution in [1.29, 1.82) is 0 Å². The van der Waals surface area contributed by atoms with Gasteiger partial charge in [0.2, 0.25) is 13.1 Å². The van der Waals surface area contributed by atoms with Crippen molar-refractivity contribution in [3.63, 3.8) is 0 Å². The zero-order chi connectivity index (χ0) is 25.3. The van der Waals surface area contributed by atoms with Gasteiger partial charge in [-0.1, -0.05) is 6.07 Å². The van der Waals surface area contributed by atoms with Gasteiger partial charge in [0.05, 0.1) is 11.7 Å². The van der Waals surface area contributed by atoms with E-state index in [4.69, 9.17) is 23.7 Å². The number of hydrogen-bond donors (Lipinski definition) is 5. The number of rotatable bonds is 3. The summed E-state index contributed by atoms with van der Waals surface area (Å²) in [5, 5.41) is 52.0. The van der Waals surface area contributed by atoms with Gasteiger partial charge in [0.1, 0.15) is 30.7 Å². The number of phenolic OH excluding ortho intramolecular Hbond substituents is 2. The van der Waals surface area contributed by atoms with Gasteiger partial charge in [-0.05, 0) is 42.1 Å². The van der Waals surface area contributed by atoms with Crippen molar-refractivity contribution < 1.29 is 54.0 Å². The van der Waals surface area contributed by atoms with Crippen LogP contribution in [-0.2, 0) is 16.1 Å². The summed E-state index contributed by atoms with van der Waals surface area (Å²) in [6, 6.07) is 7.68. The monoisotopic (exact) mass is 498 g/mol. The van der Waals surface area contributed by atoms with Crippen molar-refractivity contribution in [2.75, 3.05) is 6.79 Å². The van der Waals surface area contributed by atoms with E-state index in [9.17, 15) is 30.3 Å². The molecule has 6 rings (SSSR count). The number of aliphatic hydroxyl groups is 3. The molecule has 1 fully saturated rings. The van der Waals surface area contributed by atoms with Gasteiger partial charge < -0.3 is 49.2 Å². The molecule has 1 saturated heterocycles. The summed E-state index contributed by atoms with van der Waals surface area (Å²) in [4.78, 5) is 12.9. The fourth-order valence-electron chi connectivity index (χ4n) is 4.82. The van der Waals surface area contributed by atoms with E-state index >= 15 is 0 Å². The van der Waals surface area contributed by atoms with Gasteiger partial charge in [0.15, 0.2) is 23.0 Å². The lowest BCUT2D eigenvalue weighted by molar-refractivity contribution is -0.268. The number of phenols is 2. The number of hydrogen-bond acceptors (Lipinski definition) is 11. The minimum Gasteiger partial charge on any atom is -0.504 e. The number of aliphatic hydroxyl groups excluding tert-OH is 3. The third-order valence-corrected chi connectivity index (χ3v) is 6.71. The molecule has 3 aromatic rings. The first-order valence-corrected chi connectivity index (χ1v) is 11.2. The van der Waals surface area contributed by atoms with Crippen LogP contribution >= 0.6 is 0 Å². The quantitative estimate of drug-likeness (QED) is 0.263. The second kappa shape index (κ2) is 8.14. The summed E-state index contributed by atoms with van der Waals surface area (Å²) in [5.74, 6) is -0.423. The molecule has 3 heterocycles. The molecule has 0 radical (unpaired) electrons. The van der Waals surface area contributed by atoms with Crippen LogP contribution in [0.4, 0.5) is 0 Å². The van der Waals surface area contributed by atoms with E-state index in [0.717, 1.165) is 0 Å². The Hall–Kier alpha value is -3.77. The maximum Gasteiger partial charge on any atom is 0.339 e. The molecule has 11 heteroatoms. The Bertz CT molecular complexity index is 1400. The van der Waals surface area contributed by atoms with Crippen LogP contribution in [0.3, 0.4) is 0 Å². The van der Waals surface area contributed by atoms with Gasteiger partial charge >= 0.3 is 5.97 Å². The number of benzene rings is 3. The number of cyclic esters (lactones) is 1. The number of carbonyl (C=O) groups excluding carboxylic acids is 1. The van der Waals surface area contributed by atoms with Gasteiger partial charge in [0, 0.05) is 16.5 Å². The molecule has 0 spiro atoms. The first-order chi connectivity index (χ1) is 17.2. The normalized spacial score (nSPS) is 26.7. The van der Waals surface area contributed by atoms with E-state index < -0.39 is 48.2 Å². The second-order valence-electron chi connectivity index (χ2n) is 8.89. The van der Waals surface area contributed by atoms with Gasteiger partial charge in [-0.3, -0.25) is 0 Å². The minimum atomic E-state index is -1.61. The Labute approximate surface area is 203 Å². The van der Waals surface area contributed by atoms with Crippen molar-refractivity contribution >= 4 is 16.7 Å². The van der Waals surface area contributed by atoms with Gasteiger partial charge in [-0.15, -0.1) is 0 Å². The average molecular weight is 498 g/mol. The standard InChI is InChI=1S/C25H22O11/c1-9-20(28)21(29)22(30)25(35-9)36-23-12-6-15(27)14(26)5-11(12)18(19-13(23)7-32-24(19)31)10-2-3-16-17(4-10)34-8-33-16/h2-6,9,20-22,25-30H,7-8H2,1H3/t9-,20-,21+,22-,25?/m1/s1. The number of ether oxygens (including phenoxy) is 5. The molecule has 11 nitrogen and oxygen atoms in total. The zero-order valence-corrected chi connectivity index (χ0v) is 18.9. The van der Waals surface area contributed by atoms with Crippen LogP contribution in [0.15, 0.2) is 30.3 Å². The molecule has 0 bridgehead atoms. The number of carbonyl (C=O) groups is 1. The largest absolute Gasteiger partial charge is 0.504 e. The Morgan fingerprint density at radius 1 is 0.861 bits per heavy atom. The molecule has 3 aromatic carbocycles. The van der Waals surface area contributed by atoms with Crippen LogP contribution in [0.5, 0.6) is 28.7 Å². The highest BCUT2D eigenvalue weighted by Crippen LogP contribution is 2.49. The number of esters is 1. The second-order valence-corrected chi connectivity index (χ2v) is 8.89. The molecule has 0 aromatic heterocycles. The SMILES string of the molecule is C[C@H]1OC(Oc2c3c(c(-c4ccc5c(c4)OCO5)c4cc(O)c(O)cc24)C(=O)OC3)[C@H](O)[C@@H](O)[C@@H]1O. The van der Waals surface area contributed by atoms with Crippen LogP contribution in [0.1, 0.15) is 22.8 Å². The Kier molecular flexibility index (Phi) is 5.12. The predicted octanol–water partition coefficient (Wildman–Crippen LogP) is 1.52. The van der Waals surface area contributed by atoms with E-state index in [1.165, 1.54) is 19.1 Å². The number of aromatic hydroxyl groups is 2. The third kappa shape index (κ3) is 3.32. The molecule has 188 valence electrons. The molecule has 1 unspecified atom stereocenters. The van der Waals surface area contributed by atoms with E-state index in [1.807, 2.05) is 0 Å². The van der Waals surface area contributed by atoms with Crippen molar-refractivity contribution in [3.8, 4) is 39.9 Å². The lowest BCUT2D eigenvalue weighted by Crippen LogP contribution is -2.58. The Morgan fingerprint density at radius 3 is 2.36 bits per heavy atom. The zero-order valence-electron chi connectivity index (χ0n) is 18.9. The summed E-state index contributed by atoms with van der Waals surface area (Å²) in [6.07, 6.45) is -6.76. The summed E-state index contributed by atoms with van der Waals surface area (Å²) in [6.45, 7) is 1.41. The Balaban J connectivity index is 1.58. The van der Waals surface area contributed by atoms with Crippen LogP contribution in [0, 0.1) is 0 Å². The fourth-order valence-corrected chi connectivity index (χ4v) is 4.82. The predicted molar refractivity (Wildman–Crippen MR) is 121 cm³/mol. The van der Waals surface area contributed by atoms with Crippen molar-refractivity contribution in [3.05, 3.63) is 41.5 Å². The molecule has 3 aliphatic heterocycles. The van der Waals surface area contributed by atoms with Crippen molar-refractivity contribution in [2.24, 2.45) is 0 Å². The Morgan fingerprint density at radius 2 is 1.58 bits per heavy atom. The first-order valence-electron chi connectivity index (χ1n) is 11.2. The minimum absolute atomic E-state index is 0.0593. The van der Waals surface area contributed by atoms with E-state index in [-0.39, 0.29) is 24.7 Å². The summed E-state index contributed by atoms with van der Waals surface area (Å²) >= 11 is 0. The highest BCUT2D eigenvalue weighted by molar-refractivity contribution is 6.14. The molecule has 3 aliphatic rings. The van der Waals surface area contributed by atoms with Gasteiger partial charge in [-0.2, -0.15) is 0 Å². The van der Waals surface area contributed by atoms with Gasteiger partial charge in [-0.25, -0.2) is 4.79 Å².